The molecule has 0 saturated heterocycles. The van der Waals surface area contributed by atoms with E-state index in [4.69, 9.17) is 23.8 Å². The zero-order valence-electron chi connectivity index (χ0n) is 24.4. The van der Waals surface area contributed by atoms with Crippen molar-refractivity contribution in [1.82, 2.24) is 5.06 Å². The van der Waals surface area contributed by atoms with Gasteiger partial charge in [0.2, 0.25) is 0 Å². The van der Waals surface area contributed by atoms with Gasteiger partial charge in [-0.25, -0.2) is 0 Å². The molecular formula is C31H47NO6. The monoisotopic (exact) mass is 529 g/mol. The molecule has 0 saturated carbocycles. The van der Waals surface area contributed by atoms with Crippen molar-refractivity contribution in [2.45, 2.75) is 85.5 Å². The third-order valence-corrected chi connectivity index (χ3v) is 5.95. The minimum atomic E-state index is -1.47. The maximum Gasteiger partial charge on any atom is 0.314 e. The first-order valence-corrected chi connectivity index (χ1v) is 13.7. The summed E-state index contributed by atoms with van der Waals surface area (Å²) >= 11 is 0. The zero-order chi connectivity index (χ0) is 28.2. The maximum atomic E-state index is 13.0. The van der Waals surface area contributed by atoms with E-state index < -0.39 is 18.0 Å². The highest BCUT2D eigenvalue weighted by Crippen LogP contribution is 2.37. The van der Waals surface area contributed by atoms with E-state index >= 15 is 0 Å². The van der Waals surface area contributed by atoms with Crippen LogP contribution in [0.3, 0.4) is 0 Å². The van der Waals surface area contributed by atoms with Crippen LogP contribution in [0.25, 0.3) is 0 Å². The van der Waals surface area contributed by atoms with Gasteiger partial charge in [0.25, 0.3) is 5.97 Å². The van der Waals surface area contributed by atoms with Crippen LogP contribution < -0.4 is 0 Å². The lowest BCUT2D eigenvalue weighted by Crippen LogP contribution is -2.47. The smallest absolute Gasteiger partial charge is 0.314 e. The first-order valence-electron chi connectivity index (χ1n) is 13.7. The number of nitrogens with zero attached hydrogens (tertiary/aromatic N) is 1. The van der Waals surface area contributed by atoms with Crippen LogP contribution >= 0.6 is 0 Å². The molecule has 0 aliphatic heterocycles. The molecule has 0 amide bonds. The van der Waals surface area contributed by atoms with Gasteiger partial charge in [0, 0.05) is 25.4 Å². The second kappa shape index (κ2) is 15.3. The molecule has 0 aliphatic carbocycles. The molecule has 0 heterocycles. The predicted octanol–water partition coefficient (Wildman–Crippen LogP) is 6.85. The molecule has 2 atom stereocenters. The molecule has 2 aromatic carbocycles. The number of carbonyl (C=O) groups is 1. The van der Waals surface area contributed by atoms with Crippen molar-refractivity contribution >= 4 is 5.97 Å². The molecule has 0 radical (unpaired) electrons. The fraction of sp³-hybridized carbons (Fsp3) is 0.581. The summed E-state index contributed by atoms with van der Waals surface area (Å²) in [5.74, 6) is -1.69. The lowest BCUT2D eigenvalue weighted by molar-refractivity contribution is -0.376. The fourth-order valence-electron chi connectivity index (χ4n) is 4.41. The third-order valence-electron chi connectivity index (χ3n) is 5.95. The largest absolute Gasteiger partial charge is 0.462 e. The van der Waals surface area contributed by atoms with Crippen molar-refractivity contribution in [2.24, 2.45) is 5.92 Å². The highest BCUT2D eigenvalue weighted by atomic mass is 16.9. The number of hydrogen-bond acceptors (Lipinski definition) is 7. The lowest BCUT2D eigenvalue weighted by atomic mass is 9.92. The molecule has 2 aromatic rings. The summed E-state index contributed by atoms with van der Waals surface area (Å²) < 4.78 is 22.9. The summed E-state index contributed by atoms with van der Waals surface area (Å²) in [4.78, 5) is 19.8. The Labute approximate surface area is 229 Å². The molecule has 0 aliphatic rings. The van der Waals surface area contributed by atoms with Crippen molar-refractivity contribution < 1.29 is 28.6 Å². The van der Waals surface area contributed by atoms with Gasteiger partial charge in [0.15, 0.2) is 0 Å². The van der Waals surface area contributed by atoms with Gasteiger partial charge >= 0.3 is 5.97 Å². The van der Waals surface area contributed by atoms with Crippen LogP contribution in [0.2, 0.25) is 0 Å². The molecule has 7 heteroatoms. The Balaban J connectivity index is 2.32. The van der Waals surface area contributed by atoms with Crippen molar-refractivity contribution in [3.63, 3.8) is 0 Å². The van der Waals surface area contributed by atoms with Crippen LogP contribution in [0.4, 0.5) is 0 Å². The van der Waals surface area contributed by atoms with E-state index in [0.717, 1.165) is 11.1 Å². The van der Waals surface area contributed by atoms with E-state index in [1.165, 1.54) is 0 Å². The number of hydroxylamine groups is 2. The first-order chi connectivity index (χ1) is 18.1. The van der Waals surface area contributed by atoms with E-state index in [2.05, 4.69) is 46.8 Å². The Morgan fingerprint density at radius 1 is 0.789 bits per heavy atom. The minimum absolute atomic E-state index is 0.0142. The highest BCUT2D eigenvalue weighted by Gasteiger charge is 2.38. The molecule has 7 nitrogen and oxygen atoms in total. The Hall–Kier alpha value is -2.29. The summed E-state index contributed by atoms with van der Waals surface area (Å²) in [6, 6.07) is 20.2. The van der Waals surface area contributed by atoms with Crippen molar-refractivity contribution in [2.75, 3.05) is 26.4 Å². The van der Waals surface area contributed by atoms with Crippen LogP contribution in [-0.4, -0.2) is 49.0 Å². The Morgan fingerprint density at radius 3 is 1.68 bits per heavy atom. The highest BCUT2D eigenvalue weighted by molar-refractivity contribution is 5.70. The van der Waals surface area contributed by atoms with E-state index in [0.29, 0.717) is 19.8 Å². The quantitative estimate of drug-likeness (QED) is 0.134. The topological polar surface area (TPSA) is 66.5 Å². The summed E-state index contributed by atoms with van der Waals surface area (Å²) in [5, 5.41) is 2.05. The Morgan fingerprint density at radius 2 is 1.26 bits per heavy atom. The average molecular weight is 530 g/mol. The van der Waals surface area contributed by atoms with Gasteiger partial charge in [0.1, 0.15) is 19.1 Å². The molecule has 0 fully saturated rings. The number of benzene rings is 2. The molecule has 2 unspecified atom stereocenters. The average Bonchev–Trinajstić information content (AvgIpc) is 2.86. The Kier molecular flexibility index (Phi) is 12.9. The van der Waals surface area contributed by atoms with Crippen molar-refractivity contribution in [1.29, 1.82) is 0 Å². The van der Waals surface area contributed by atoms with Gasteiger partial charge in [0.05, 0.1) is 6.04 Å². The van der Waals surface area contributed by atoms with Crippen LogP contribution in [0.15, 0.2) is 60.7 Å². The normalized spacial score (nSPS) is 14.1. The van der Waals surface area contributed by atoms with Gasteiger partial charge in [-0.15, -0.1) is 0 Å². The van der Waals surface area contributed by atoms with Crippen LogP contribution in [0, 0.1) is 5.92 Å². The second-order valence-electron chi connectivity index (χ2n) is 10.4. The number of esters is 1. The van der Waals surface area contributed by atoms with Gasteiger partial charge in [-0.05, 0) is 58.6 Å². The predicted molar refractivity (Wildman–Crippen MR) is 149 cm³/mol. The minimum Gasteiger partial charge on any atom is -0.462 e. The fourth-order valence-corrected chi connectivity index (χ4v) is 4.41. The molecule has 2 rings (SSSR count). The molecule has 0 bridgehead atoms. The first kappa shape index (κ1) is 31.9. The molecule has 212 valence electrons. The summed E-state index contributed by atoms with van der Waals surface area (Å²) in [6.07, 6.45) is -0.712. The van der Waals surface area contributed by atoms with Crippen LogP contribution in [-0.2, 0) is 28.6 Å². The molecule has 0 spiro atoms. The second-order valence-corrected chi connectivity index (χ2v) is 10.4. The third kappa shape index (κ3) is 9.47. The van der Waals surface area contributed by atoms with Gasteiger partial charge < -0.3 is 18.9 Å². The zero-order valence-corrected chi connectivity index (χ0v) is 24.4. The van der Waals surface area contributed by atoms with E-state index in [-0.39, 0.29) is 30.5 Å². The van der Waals surface area contributed by atoms with Crippen LogP contribution in [0.1, 0.15) is 85.1 Å². The SMILES string of the molecule is CCOC(CC(=O)OCC(ON(C(c1ccccc1)C(C)C)C(C)(C)C)c1ccccc1)(OCC)OCC. The van der Waals surface area contributed by atoms with Crippen molar-refractivity contribution in [3.8, 4) is 0 Å². The van der Waals surface area contributed by atoms with Crippen molar-refractivity contribution in [3.05, 3.63) is 71.8 Å². The Bertz CT molecular complexity index is 911. The molecular weight excluding hydrogens is 482 g/mol. The summed E-state index contributed by atoms with van der Waals surface area (Å²) in [5.41, 5.74) is 1.74. The number of ether oxygens (including phenoxy) is 4. The van der Waals surface area contributed by atoms with Gasteiger partial charge in [-0.1, -0.05) is 74.5 Å². The summed E-state index contributed by atoms with van der Waals surface area (Å²) in [6.45, 7) is 17.3. The van der Waals surface area contributed by atoms with E-state index in [1.54, 1.807) is 0 Å². The van der Waals surface area contributed by atoms with Gasteiger partial charge in [-0.2, -0.15) is 5.06 Å². The molecule has 38 heavy (non-hydrogen) atoms. The number of carbonyl (C=O) groups excluding carboxylic acids is 1. The van der Waals surface area contributed by atoms with Crippen LogP contribution in [0.5, 0.6) is 0 Å². The van der Waals surface area contributed by atoms with E-state index in [9.17, 15) is 4.79 Å². The molecule has 0 N–H and O–H groups in total. The number of hydrogen-bond donors (Lipinski definition) is 0. The van der Waals surface area contributed by atoms with E-state index in [1.807, 2.05) is 74.4 Å². The lowest BCUT2D eigenvalue weighted by Gasteiger charge is -2.44. The standard InChI is InChI=1S/C31H47NO6/c1-9-35-31(36-10-2,37-11-3)22-28(33)34-23-27(25-18-14-12-15-19-25)38-32(30(6,7)8)29(24(4)5)26-20-16-13-17-21-26/h12-21,24,27,29H,9-11,22-23H2,1-8H3. The van der Waals surface area contributed by atoms with Gasteiger partial charge in [-0.3, -0.25) is 9.63 Å². The maximum absolute atomic E-state index is 13.0. The number of rotatable bonds is 16. The summed E-state index contributed by atoms with van der Waals surface area (Å²) in [7, 11) is 0. The molecule has 0 aromatic heterocycles.